The molecule has 1 heterocycles. The van der Waals surface area contributed by atoms with Gasteiger partial charge in [0, 0.05) is 13.1 Å². The molecule has 0 unspecified atom stereocenters. The first-order valence-electron chi connectivity index (χ1n) is 7.24. The molecule has 1 aliphatic heterocycles. The number of fused-ring (bicyclic) bond motifs is 1. The van der Waals surface area contributed by atoms with Gasteiger partial charge >= 0.3 is 0 Å². The van der Waals surface area contributed by atoms with Crippen LogP contribution in [0.5, 0.6) is 5.75 Å². The number of amides is 1. The van der Waals surface area contributed by atoms with Crippen molar-refractivity contribution >= 4 is 5.91 Å². The van der Waals surface area contributed by atoms with Gasteiger partial charge in [0.05, 0.1) is 13.5 Å². The minimum absolute atomic E-state index is 0.197. The van der Waals surface area contributed by atoms with Crippen molar-refractivity contribution in [3.8, 4) is 5.75 Å². The fraction of sp³-hybridized carbons (Fsp3) is 0.278. The molecule has 108 valence electrons. The summed E-state index contributed by atoms with van der Waals surface area (Å²) >= 11 is 0. The maximum atomic E-state index is 12.4. The topological polar surface area (TPSA) is 29.5 Å². The maximum absolute atomic E-state index is 12.4. The van der Waals surface area contributed by atoms with Crippen LogP contribution in [0.15, 0.2) is 48.5 Å². The summed E-state index contributed by atoms with van der Waals surface area (Å²) in [5.41, 5.74) is 3.59. The van der Waals surface area contributed by atoms with Crippen molar-refractivity contribution < 1.29 is 9.53 Å². The van der Waals surface area contributed by atoms with E-state index in [1.54, 1.807) is 7.11 Å². The van der Waals surface area contributed by atoms with E-state index in [-0.39, 0.29) is 5.91 Å². The van der Waals surface area contributed by atoms with Crippen LogP contribution in [-0.4, -0.2) is 24.5 Å². The molecule has 3 nitrogen and oxygen atoms in total. The van der Waals surface area contributed by atoms with E-state index in [2.05, 4.69) is 12.1 Å². The summed E-state index contributed by atoms with van der Waals surface area (Å²) in [6, 6.07) is 16.0. The molecule has 1 amide bonds. The van der Waals surface area contributed by atoms with Gasteiger partial charge in [-0.1, -0.05) is 36.4 Å². The highest BCUT2D eigenvalue weighted by molar-refractivity contribution is 5.79. The van der Waals surface area contributed by atoms with Crippen molar-refractivity contribution in [3.05, 3.63) is 65.2 Å². The second-order valence-corrected chi connectivity index (χ2v) is 5.36. The number of ether oxygens (including phenoxy) is 1. The van der Waals surface area contributed by atoms with Gasteiger partial charge in [0.15, 0.2) is 0 Å². The summed E-state index contributed by atoms with van der Waals surface area (Å²) in [5, 5.41) is 0. The summed E-state index contributed by atoms with van der Waals surface area (Å²) in [6.07, 6.45) is 1.37. The van der Waals surface area contributed by atoms with Gasteiger partial charge in [0.2, 0.25) is 5.91 Å². The smallest absolute Gasteiger partial charge is 0.227 e. The van der Waals surface area contributed by atoms with Gasteiger partial charge in [0.1, 0.15) is 5.75 Å². The predicted molar refractivity (Wildman–Crippen MR) is 82.3 cm³/mol. The van der Waals surface area contributed by atoms with Crippen LogP contribution in [-0.2, 0) is 24.2 Å². The Morgan fingerprint density at radius 1 is 1.14 bits per heavy atom. The first-order valence-corrected chi connectivity index (χ1v) is 7.24. The van der Waals surface area contributed by atoms with Gasteiger partial charge < -0.3 is 9.64 Å². The summed E-state index contributed by atoms with van der Waals surface area (Å²) in [7, 11) is 1.68. The number of hydrogen-bond donors (Lipinski definition) is 0. The number of benzene rings is 2. The summed E-state index contributed by atoms with van der Waals surface area (Å²) in [6.45, 7) is 1.48. The van der Waals surface area contributed by atoms with Crippen molar-refractivity contribution in [2.45, 2.75) is 19.4 Å². The van der Waals surface area contributed by atoms with Crippen LogP contribution in [0.4, 0.5) is 0 Å². The van der Waals surface area contributed by atoms with Gasteiger partial charge in [-0.2, -0.15) is 0 Å². The molecule has 0 saturated carbocycles. The second-order valence-electron chi connectivity index (χ2n) is 5.36. The molecular formula is C18H19NO2. The van der Waals surface area contributed by atoms with Crippen LogP contribution in [0, 0.1) is 0 Å². The SMILES string of the molecule is COc1ccc2c(c1)CCN(C(=O)Cc1ccccc1)C2. The zero-order valence-corrected chi connectivity index (χ0v) is 12.2. The average Bonchev–Trinajstić information content (AvgIpc) is 2.54. The quantitative estimate of drug-likeness (QED) is 0.866. The fourth-order valence-electron chi connectivity index (χ4n) is 2.75. The molecular weight excluding hydrogens is 262 g/mol. The molecule has 2 aromatic carbocycles. The Morgan fingerprint density at radius 3 is 2.71 bits per heavy atom. The standard InChI is InChI=1S/C18H19NO2/c1-21-17-8-7-16-13-19(10-9-15(16)12-17)18(20)11-14-5-3-2-4-6-14/h2-8,12H,9-11,13H2,1H3. The zero-order valence-electron chi connectivity index (χ0n) is 12.2. The molecule has 0 atom stereocenters. The van der Waals surface area contributed by atoms with Gasteiger partial charge in [-0.15, -0.1) is 0 Å². The molecule has 0 N–H and O–H groups in total. The monoisotopic (exact) mass is 281 g/mol. The van der Waals surface area contributed by atoms with Crippen molar-refractivity contribution in [1.82, 2.24) is 4.90 Å². The first-order chi connectivity index (χ1) is 10.3. The third-order valence-electron chi connectivity index (χ3n) is 3.98. The van der Waals surface area contributed by atoms with E-state index in [4.69, 9.17) is 4.74 Å². The Hall–Kier alpha value is -2.29. The number of hydrogen-bond acceptors (Lipinski definition) is 2. The lowest BCUT2D eigenvalue weighted by Gasteiger charge is -2.29. The Balaban J connectivity index is 1.69. The zero-order chi connectivity index (χ0) is 14.7. The van der Waals surface area contributed by atoms with E-state index >= 15 is 0 Å². The lowest BCUT2D eigenvalue weighted by Crippen LogP contribution is -2.36. The van der Waals surface area contributed by atoms with Crippen molar-refractivity contribution in [3.63, 3.8) is 0 Å². The Morgan fingerprint density at radius 2 is 1.95 bits per heavy atom. The molecule has 1 aliphatic rings. The Bertz CT molecular complexity index is 637. The van der Waals surface area contributed by atoms with Crippen LogP contribution in [0.25, 0.3) is 0 Å². The van der Waals surface area contributed by atoms with Gasteiger partial charge in [0.25, 0.3) is 0 Å². The van der Waals surface area contributed by atoms with E-state index < -0.39 is 0 Å². The minimum Gasteiger partial charge on any atom is -0.497 e. The highest BCUT2D eigenvalue weighted by atomic mass is 16.5. The number of rotatable bonds is 3. The van der Waals surface area contributed by atoms with Gasteiger partial charge in [-0.05, 0) is 35.2 Å². The molecule has 0 saturated heterocycles. The van der Waals surface area contributed by atoms with Crippen LogP contribution in [0.2, 0.25) is 0 Å². The number of carbonyl (C=O) groups excluding carboxylic acids is 1. The summed E-state index contributed by atoms with van der Waals surface area (Å²) in [5.74, 6) is 1.08. The molecule has 0 spiro atoms. The van der Waals surface area contributed by atoms with Crippen molar-refractivity contribution in [1.29, 1.82) is 0 Å². The van der Waals surface area contributed by atoms with Gasteiger partial charge in [-0.3, -0.25) is 4.79 Å². The summed E-state index contributed by atoms with van der Waals surface area (Å²) < 4.78 is 5.25. The van der Waals surface area contributed by atoms with Crippen LogP contribution < -0.4 is 4.74 Å². The number of nitrogens with zero attached hydrogens (tertiary/aromatic N) is 1. The normalized spacial score (nSPS) is 13.7. The summed E-state index contributed by atoms with van der Waals surface area (Å²) in [4.78, 5) is 14.3. The molecule has 2 aromatic rings. The Labute approximate surface area is 125 Å². The van der Waals surface area contributed by atoms with E-state index in [0.29, 0.717) is 13.0 Å². The third kappa shape index (κ3) is 3.07. The Kier molecular flexibility index (Phi) is 3.91. The van der Waals surface area contributed by atoms with Crippen molar-refractivity contribution in [2.75, 3.05) is 13.7 Å². The molecule has 3 heteroatoms. The van der Waals surface area contributed by atoms with E-state index in [1.807, 2.05) is 41.3 Å². The molecule has 0 aliphatic carbocycles. The minimum atomic E-state index is 0.197. The van der Waals surface area contributed by atoms with E-state index in [9.17, 15) is 4.79 Å². The number of methoxy groups -OCH3 is 1. The number of carbonyl (C=O) groups is 1. The van der Waals surface area contributed by atoms with Crippen LogP contribution in [0.3, 0.4) is 0 Å². The van der Waals surface area contributed by atoms with E-state index in [1.165, 1.54) is 11.1 Å². The largest absolute Gasteiger partial charge is 0.497 e. The third-order valence-corrected chi connectivity index (χ3v) is 3.98. The highest BCUT2D eigenvalue weighted by Crippen LogP contribution is 2.24. The highest BCUT2D eigenvalue weighted by Gasteiger charge is 2.21. The molecule has 0 bridgehead atoms. The van der Waals surface area contributed by atoms with Crippen LogP contribution >= 0.6 is 0 Å². The van der Waals surface area contributed by atoms with Crippen LogP contribution in [0.1, 0.15) is 16.7 Å². The fourth-order valence-corrected chi connectivity index (χ4v) is 2.75. The first kappa shape index (κ1) is 13.7. The lowest BCUT2D eigenvalue weighted by atomic mass is 9.99. The lowest BCUT2D eigenvalue weighted by molar-refractivity contribution is -0.131. The van der Waals surface area contributed by atoms with Gasteiger partial charge in [-0.25, -0.2) is 0 Å². The average molecular weight is 281 g/mol. The van der Waals surface area contributed by atoms with Crippen molar-refractivity contribution in [2.24, 2.45) is 0 Å². The van der Waals surface area contributed by atoms with E-state index in [0.717, 1.165) is 24.3 Å². The maximum Gasteiger partial charge on any atom is 0.227 e. The molecule has 0 fully saturated rings. The molecule has 21 heavy (non-hydrogen) atoms. The molecule has 0 radical (unpaired) electrons. The predicted octanol–water partition coefficient (Wildman–Crippen LogP) is 2.82. The molecule has 0 aromatic heterocycles. The molecule has 3 rings (SSSR count). The second kappa shape index (κ2) is 6.00.